The molecule has 1 spiro atoms. The quantitative estimate of drug-likeness (QED) is 0.305. The summed E-state index contributed by atoms with van der Waals surface area (Å²) in [6, 6.07) is 0. The van der Waals surface area contributed by atoms with Crippen molar-refractivity contribution in [2.24, 2.45) is 0 Å². The first-order chi connectivity index (χ1) is 6.99. The van der Waals surface area contributed by atoms with Crippen LogP contribution < -0.4 is 49.7 Å². The number of hydrogen-bond acceptors (Lipinski definition) is 8. The average molecular weight is 295 g/mol. The summed E-state index contributed by atoms with van der Waals surface area (Å²) in [5, 5.41) is 43.2. The minimum atomic E-state index is -3.40. The molecule has 0 aliphatic carbocycles. The molecule has 0 radical (unpaired) electrons. The van der Waals surface area contributed by atoms with E-state index in [4.69, 9.17) is 0 Å². The van der Waals surface area contributed by atoms with Gasteiger partial charge in [-0.1, -0.05) is 0 Å². The molecular formula is H10B5NaO13. The molecule has 2 saturated heterocycles. The summed E-state index contributed by atoms with van der Waals surface area (Å²) in [6.07, 6.45) is 0. The third-order valence-corrected chi connectivity index (χ3v) is 1.62. The van der Waals surface area contributed by atoms with Crippen LogP contribution in [0.1, 0.15) is 0 Å². The van der Waals surface area contributed by atoms with Crippen LogP contribution in [-0.4, -0.2) is 50.9 Å². The minimum Gasteiger partial charge on any atom is -0.780 e. The molecule has 2 heterocycles. The molecule has 0 aromatic rings. The van der Waals surface area contributed by atoms with Crippen molar-refractivity contribution in [3.63, 3.8) is 0 Å². The smallest absolute Gasteiger partial charge is 0.780 e. The van der Waals surface area contributed by atoms with E-state index >= 15 is 0 Å². The van der Waals surface area contributed by atoms with Crippen molar-refractivity contribution in [2.45, 2.75) is 0 Å². The second-order valence-electron chi connectivity index (χ2n) is 2.65. The molecule has 19 heteroatoms. The Labute approximate surface area is 130 Å². The molecule has 2 rings (SSSR count). The fraction of sp³-hybridized carbons (Fsp3) is 0. The van der Waals surface area contributed by atoms with Crippen LogP contribution in [0.25, 0.3) is 0 Å². The van der Waals surface area contributed by atoms with Gasteiger partial charge in [-0.05, 0) is 0 Å². The van der Waals surface area contributed by atoms with Gasteiger partial charge in [-0.15, -0.1) is 0 Å². The van der Waals surface area contributed by atoms with Gasteiger partial charge in [0, 0.05) is 0 Å². The molecule has 0 bridgehead atoms. The van der Waals surface area contributed by atoms with E-state index in [-0.39, 0.29) is 46.0 Å². The zero-order valence-electron chi connectivity index (χ0n) is 9.70. The Bertz CT molecular complexity index is 192. The molecule has 0 aromatic heterocycles. The summed E-state index contributed by atoms with van der Waals surface area (Å²) in [5.41, 5.74) is 0. The predicted molar refractivity (Wildman–Crippen MR) is 50.9 cm³/mol. The molecule has 2 aliphatic rings. The van der Waals surface area contributed by atoms with Crippen molar-refractivity contribution >= 4 is 36.2 Å². The van der Waals surface area contributed by atoms with Crippen molar-refractivity contribution in [1.82, 2.24) is 0 Å². The first-order valence-corrected chi connectivity index (χ1v) is 3.86. The van der Waals surface area contributed by atoms with Crippen molar-refractivity contribution in [1.29, 1.82) is 0 Å². The van der Waals surface area contributed by atoms with Crippen LogP contribution in [-0.2, 0) is 29.2 Å². The zero-order chi connectivity index (χ0) is 11.1. The van der Waals surface area contributed by atoms with Crippen molar-refractivity contribution in [2.75, 3.05) is 0 Å². The van der Waals surface area contributed by atoms with E-state index in [0.29, 0.717) is 0 Å². The maximum Gasteiger partial charge on any atom is 1.00 e. The second kappa shape index (κ2) is 9.69. The number of hydrogen-bond donors (Lipinski definition) is 0. The normalized spacial score (nSPS) is 20.8. The third-order valence-electron chi connectivity index (χ3n) is 1.62. The molecule has 2 aliphatic heterocycles. The van der Waals surface area contributed by atoms with E-state index in [1.807, 2.05) is 0 Å². The molecule has 10 N–H and O–H groups in total. The Morgan fingerprint density at radius 3 is 1.11 bits per heavy atom. The van der Waals surface area contributed by atoms with Gasteiger partial charge in [0.1, 0.15) is 0 Å². The Morgan fingerprint density at radius 1 is 0.684 bits per heavy atom. The van der Waals surface area contributed by atoms with Crippen molar-refractivity contribution in [3.05, 3.63) is 0 Å². The van der Waals surface area contributed by atoms with Crippen LogP contribution in [0.15, 0.2) is 0 Å². The Balaban J connectivity index is -0.000000640. The van der Waals surface area contributed by atoms with Crippen LogP contribution >= 0.6 is 0 Å². The Morgan fingerprint density at radius 2 is 0.895 bits per heavy atom. The van der Waals surface area contributed by atoms with E-state index in [1.165, 1.54) is 0 Å². The molecule has 0 aromatic carbocycles. The van der Waals surface area contributed by atoms with E-state index in [0.717, 1.165) is 0 Å². The van der Waals surface area contributed by atoms with Gasteiger partial charge in [0.25, 0.3) is 0 Å². The van der Waals surface area contributed by atoms with Crippen LogP contribution in [0.5, 0.6) is 0 Å². The summed E-state index contributed by atoms with van der Waals surface area (Å²) >= 11 is 0. The molecule has 13 nitrogen and oxygen atoms in total. The Kier molecular flexibility index (Phi) is 12.6. The number of rotatable bonds is 0. The molecule has 0 atom stereocenters. The second-order valence-corrected chi connectivity index (χ2v) is 2.65. The van der Waals surface area contributed by atoms with Gasteiger partial charge in [0.2, 0.25) is 0 Å². The molecule has 0 amide bonds. The van der Waals surface area contributed by atoms with Crippen molar-refractivity contribution < 1.29 is 93.5 Å². The van der Waals surface area contributed by atoms with Crippen LogP contribution in [0.3, 0.4) is 0 Å². The maximum atomic E-state index is 10.8. The Hall–Kier alpha value is 0.805. The molecule has 19 heavy (non-hydrogen) atoms. The topological polar surface area (TPSA) is 252 Å². The van der Waals surface area contributed by atoms with Gasteiger partial charge in [-0.3, -0.25) is 0 Å². The summed E-state index contributed by atoms with van der Waals surface area (Å²) in [4.78, 5) is 0. The zero-order valence-corrected chi connectivity index (χ0v) is 11.7. The van der Waals surface area contributed by atoms with Gasteiger partial charge in [-0.25, -0.2) is 0 Å². The fourth-order valence-electron chi connectivity index (χ4n) is 1.10. The van der Waals surface area contributed by atoms with Crippen molar-refractivity contribution in [3.8, 4) is 0 Å². The molecule has 2 fully saturated rings. The van der Waals surface area contributed by atoms with E-state index in [9.17, 15) is 20.1 Å². The summed E-state index contributed by atoms with van der Waals surface area (Å²) in [7, 11) is -8.50. The third kappa shape index (κ3) is 6.40. The van der Waals surface area contributed by atoms with E-state index in [2.05, 4.69) is 27.4 Å². The van der Waals surface area contributed by atoms with Crippen LogP contribution in [0, 0.1) is 0 Å². The summed E-state index contributed by atoms with van der Waals surface area (Å²) < 4.78 is 23.1. The molecule has 104 valence electrons. The van der Waals surface area contributed by atoms with E-state index < -0.39 is 36.2 Å². The first kappa shape index (κ1) is 24.8. The molecular weight excluding hydrogens is 285 g/mol. The van der Waals surface area contributed by atoms with Gasteiger partial charge < -0.3 is 64.0 Å². The summed E-state index contributed by atoms with van der Waals surface area (Å²) in [6.45, 7) is -3.40. The SMILES string of the molecule is O.[Na+].[O-]B1O[B-]2(OB([O-])[OH+]1)OB([O-])[OH+]B([O-])O2.[OH3+].[OH3+]. The fourth-order valence-corrected chi connectivity index (χ4v) is 1.10. The predicted octanol–water partition coefficient (Wildman–Crippen LogP) is -13.7. The van der Waals surface area contributed by atoms with Gasteiger partial charge in [-0.2, -0.15) is 0 Å². The first-order valence-electron chi connectivity index (χ1n) is 3.86. The molecule has 0 unspecified atom stereocenters. The largest absolute Gasteiger partial charge is 1.00 e. The maximum absolute atomic E-state index is 10.8. The standard InChI is InChI=1S/B5O10.Na.3H2O/c6-1-10-2(7)13-5(12-1)14-3(8)11-4(9)15-5;;;;/h;;3*1H2/q-5;+1;;;/p+4. The van der Waals surface area contributed by atoms with Gasteiger partial charge in [0.05, 0.1) is 0 Å². The van der Waals surface area contributed by atoms with E-state index in [1.54, 1.807) is 0 Å². The monoisotopic (exact) mass is 296 g/mol. The summed E-state index contributed by atoms with van der Waals surface area (Å²) in [5.74, 6) is 0. The van der Waals surface area contributed by atoms with Gasteiger partial charge in [0.15, 0.2) is 0 Å². The minimum absolute atomic E-state index is 0. The van der Waals surface area contributed by atoms with Gasteiger partial charge >= 0.3 is 65.8 Å². The average Bonchev–Trinajstić information content (AvgIpc) is 1.96. The van der Waals surface area contributed by atoms with Crippen LogP contribution in [0.2, 0.25) is 0 Å². The van der Waals surface area contributed by atoms with Crippen LogP contribution in [0.4, 0.5) is 0 Å². The molecule has 0 saturated carbocycles.